The molecule has 2 N–H and O–H groups in total. The van der Waals surface area contributed by atoms with Crippen LogP contribution in [0.2, 0.25) is 0 Å². The summed E-state index contributed by atoms with van der Waals surface area (Å²) < 4.78 is 5.56. The first-order valence-electron chi connectivity index (χ1n) is 5.69. The van der Waals surface area contributed by atoms with Gasteiger partial charge in [0, 0.05) is 25.4 Å². The van der Waals surface area contributed by atoms with Crippen LogP contribution in [-0.4, -0.2) is 35.7 Å². The van der Waals surface area contributed by atoms with E-state index in [1.54, 1.807) is 6.20 Å². The van der Waals surface area contributed by atoms with E-state index in [1.165, 1.54) is 0 Å². The van der Waals surface area contributed by atoms with Crippen molar-refractivity contribution in [3.63, 3.8) is 0 Å². The lowest BCUT2D eigenvalue weighted by atomic mass is 10.1. The molecule has 2 heterocycles. The van der Waals surface area contributed by atoms with Crippen molar-refractivity contribution in [3.8, 4) is 0 Å². The molecule has 0 spiro atoms. The van der Waals surface area contributed by atoms with Crippen molar-refractivity contribution in [1.29, 1.82) is 0 Å². The molecule has 1 saturated heterocycles. The summed E-state index contributed by atoms with van der Waals surface area (Å²) in [5, 5.41) is 0. The van der Waals surface area contributed by atoms with Gasteiger partial charge >= 0.3 is 0 Å². The van der Waals surface area contributed by atoms with Crippen molar-refractivity contribution >= 4 is 5.69 Å². The van der Waals surface area contributed by atoms with E-state index in [-0.39, 0.29) is 0 Å². The van der Waals surface area contributed by atoms with Crippen molar-refractivity contribution in [2.45, 2.75) is 32.0 Å². The molecule has 16 heavy (non-hydrogen) atoms. The van der Waals surface area contributed by atoms with Gasteiger partial charge in [0.25, 0.3) is 0 Å². The van der Waals surface area contributed by atoms with E-state index in [0.717, 1.165) is 31.0 Å². The van der Waals surface area contributed by atoms with E-state index < -0.39 is 0 Å². The standard InChI is InChI=1S/C12H19N3O/c1-9-12(5-7-16-9)15(2)8-11-10(13)4-3-6-14-11/h3-4,6,9,12H,5,7-8,13H2,1-2H3. The molecule has 1 aliphatic rings. The quantitative estimate of drug-likeness (QED) is 0.835. The lowest BCUT2D eigenvalue weighted by Crippen LogP contribution is -2.36. The van der Waals surface area contributed by atoms with Crippen LogP contribution in [0.1, 0.15) is 19.0 Å². The van der Waals surface area contributed by atoms with E-state index in [9.17, 15) is 0 Å². The monoisotopic (exact) mass is 221 g/mol. The predicted molar refractivity (Wildman–Crippen MR) is 63.9 cm³/mol. The van der Waals surface area contributed by atoms with Gasteiger partial charge in [0.1, 0.15) is 0 Å². The molecule has 0 bridgehead atoms. The minimum Gasteiger partial charge on any atom is -0.397 e. The molecule has 1 fully saturated rings. The first-order valence-corrected chi connectivity index (χ1v) is 5.69. The van der Waals surface area contributed by atoms with Gasteiger partial charge in [0.15, 0.2) is 0 Å². The maximum Gasteiger partial charge on any atom is 0.0772 e. The lowest BCUT2D eigenvalue weighted by molar-refractivity contribution is 0.0811. The molecule has 0 radical (unpaired) electrons. The molecule has 1 aromatic heterocycles. The van der Waals surface area contributed by atoms with Crippen LogP contribution in [-0.2, 0) is 11.3 Å². The van der Waals surface area contributed by atoms with Crippen molar-refractivity contribution in [2.75, 3.05) is 19.4 Å². The number of aromatic nitrogens is 1. The van der Waals surface area contributed by atoms with Crippen molar-refractivity contribution < 1.29 is 4.74 Å². The number of rotatable bonds is 3. The fourth-order valence-corrected chi connectivity index (χ4v) is 2.24. The molecule has 1 aliphatic heterocycles. The predicted octanol–water partition coefficient (Wildman–Crippen LogP) is 1.27. The van der Waals surface area contributed by atoms with Crippen LogP contribution >= 0.6 is 0 Å². The normalized spacial score (nSPS) is 25.2. The second kappa shape index (κ2) is 4.80. The van der Waals surface area contributed by atoms with E-state index >= 15 is 0 Å². The summed E-state index contributed by atoms with van der Waals surface area (Å²) in [6.07, 6.45) is 3.17. The van der Waals surface area contributed by atoms with Gasteiger partial charge in [-0.05, 0) is 32.5 Å². The molecule has 0 amide bonds. The van der Waals surface area contributed by atoms with Gasteiger partial charge in [-0.15, -0.1) is 0 Å². The summed E-state index contributed by atoms with van der Waals surface area (Å²) in [5.74, 6) is 0. The highest BCUT2D eigenvalue weighted by atomic mass is 16.5. The summed E-state index contributed by atoms with van der Waals surface area (Å²) in [6, 6.07) is 4.23. The molecular weight excluding hydrogens is 202 g/mol. The van der Waals surface area contributed by atoms with Gasteiger partial charge in [0.2, 0.25) is 0 Å². The third-order valence-electron chi connectivity index (χ3n) is 3.23. The number of anilines is 1. The second-order valence-corrected chi connectivity index (χ2v) is 4.39. The zero-order valence-electron chi connectivity index (χ0n) is 9.89. The first kappa shape index (κ1) is 11.4. The van der Waals surface area contributed by atoms with Crippen molar-refractivity contribution in [1.82, 2.24) is 9.88 Å². The summed E-state index contributed by atoms with van der Waals surface area (Å²) in [6.45, 7) is 3.76. The number of nitrogen functional groups attached to an aromatic ring is 1. The molecule has 2 unspecified atom stereocenters. The Labute approximate surface area is 96.4 Å². The van der Waals surface area contributed by atoms with Gasteiger partial charge in [-0.2, -0.15) is 0 Å². The van der Waals surface area contributed by atoms with Crippen LogP contribution in [0.3, 0.4) is 0 Å². The molecule has 0 saturated carbocycles. The Kier molecular flexibility index (Phi) is 3.41. The second-order valence-electron chi connectivity index (χ2n) is 4.39. The van der Waals surface area contributed by atoms with Gasteiger partial charge in [-0.3, -0.25) is 9.88 Å². The Morgan fingerprint density at radius 2 is 2.44 bits per heavy atom. The Balaban J connectivity index is 2.02. The summed E-state index contributed by atoms with van der Waals surface area (Å²) in [4.78, 5) is 6.58. The summed E-state index contributed by atoms with van der Waals surface area (Å²) in [5.41, 5.74) is 7.59. The molecular formula is C12H19N3O. The average molecular weight is 221 g/mol. The number of likely N-dealkylation sites (N-methyl/N-ethyl adjacent to an activating group) is 1. The molecule has 0 aliphatic carbocycles. The van der Waals surface area contributed by atoms with Crippen LogP contribution in [0.15, 0.2) is 18.3 Å². The molecule has 4 heteroatoms. The highest BCUT2D eigenvalue weighted by molar-refractivity contribution is 5.41. The first-order chi connectivity index (χ1) is 7.68. The molecule has 2 rings (SSSR count). The number of pyridine rings is 1. The smallest absolute Gasteiger partial charge is 0.0772 e. The lowest BCUT2D eigenvalue weighted by Gasteiger charge is -2.26. The minimum absolute atomic E-state index is 0.301. The van der Waals surface area contributed by atoms with E-state index in [1.807, 2.05) is 12.1 Å². The Bertz CT molecular complexity index is 356. The average Bonchev–Trinajstić information content (AvgIpc) is 2.68. The van der Waals surface area contributed by atoms with Gasteiger partial charge in [0.05, 0.1) is 17.5 Å². The van der Waals surface area contributed by atoms with Crippen molar-refractivity contribution in [3.05, 3.63) is 24.0 Å². The van der Waals surface area contributed by atoms with E-state index in [0.29, 0.717) is 12.1 Å². The summed E-state index contributed by atoms with van der Waals surface area (Å²) in [7, 11) is 2.10. The maximum atomic E-state index is 5.88. The molecule has 2 atom stereocenters. The topological polar surface area (TPSA) is 51.4 Å². The summed E-state index contributed by atoms with van der Waals surface area (Å²) >= 11 is 0. The van der Waals surface area contributed by atoms with E-state index in [2.05, 4.69) is 23.9 Å². The largest absolute Gasteiger partial charge is 0.397 e. The Morgan fingerprint density at radius 3 is 3.06 bits per heavy atom. The van der Waals surface area contributed by atoms with Gasteiger partial charge in [-0.1, -0.05) is 0 Å². The third kappa shape index (κ3) is 2.33. The number of ether oxygens (including phenoxy) is 1. The van der Waals surface area contributed by atoms with E-state index in [4.69, 9.17) is 10.5 Å². The SMILES string of the molecule is CC1OCCC1N(C)Cc1ncccc1N. The fourth-order valence-electron chi connectivity index (χ4n) is 2.24. The van der Waals surface area contributed by atoms with Gasteiger partial charge in [-0.25, -0.2) is 0 Å². The van der Waals surface area contributed by atoms with Gasteiger partial charge < -0.3 is 10.5 Å². The number of nitrogens with zero attached hydrogens (tertiary/aromatic N) is 2. The fraction of sp³-hybridized carbons (Fsp3) is 0.583. The molecule has 88 valence electrons. The van der Waals surface area contributed by atoms with Crippen LogP contribution in [0.25, 0.3) is 0 Å². The van der Waals surface area contributed by atoms with Crippen LogP contribution in [0, 0.1) is 0 Å². The highest BCUT2D eigenvalue weighted by Gasteiger charge is 2.28. The number of hydrogen-bond donors (Lipinski definition) is 1. The molecule has 4 nitrogen and oxygen atoms in total. The Hall–Kier alpha value is -1.13. The maximum absolute atomic E-state index is 5.88. The zero-order chi connectivity index (χ0) is 11.5. The molecule has 0 aromatic carbocycles. The van der Waals surface area contributed by atoms with Crippen LogP contribution in [0.4, 0.5) is 5.69 Å². The Morgan fingerprint density at radius 1 is 1.62 bits per heavy atom. The zero-order valence-corrected chi connectivity index (χ0v) is 9.89. The number of hydrogen-bond acceptors (Lipinski definition) is 4. The number of nitrogens with two attached hydrogens (primary N) is 1. The molecule has 1 aromatic rings. The van der Waals surface area contributed by atoms with Crippen LogP contribution in [0.5, 0.6) is 0 Å². The van der Waals surface area contributed by atoms with Crippen LogP contribution < -0.4 is 5.73 Å². The third-order valence-corrected chi connectivity index (χ3v) is 3.23. The minimum atomic E-state index is 0.301. The van der Waals surface area contributed by atoms with Crippen molar-refractivity contribution in [2.24, 2.45) is 0 Å². The highest BCUT2D eigenvalue weighted by Crippen LogP contribution is 2.20.